The van der Waals surface area contributed by atoms with Gasteiger partial charge in [-0.1, -0.05) is 6.07 Å². The van der Waals surface area contributed by atoms with Gasteiger partial charge in [-0.3, -0.25) is 0 Å². The number of hydrogen-bond acceptors (Lipinski definition) is 1. The lowest BCUT2D eigenvalue weighted by Gasteiger charge is -2.16. The maximum absolute atomic E-state index is 13.6. The average molecular weight is 264 g/mol. The third kappa shape index (κ3) is 3.01. The quantitative estimate of drug-likeness (QED) is 0.872. The molecule has 1 aromatic carbocycles. The first-order valence-electron chi connectivity index (χ1n) is 6.44. The molecule has 0 aliphatic rings. The smallest absolute Gasteiger partial charge is 0.130 e. The summed E-state index contributed by atoms with van der Waals surface area (Å²) < 4.78 is 29.3. The number of rotatable bonds is 5. The molecule has 0 bridgehead atoms. The number of aryl methyl sites for hydroxylation is 1. The second kappa shape index (κ2) is 5.97. The van der Waals surface area contributed by atoms with Gasteiger partial charge in [-0.15, -0.1) is 0 Å². The van der Waals surface area contributed by atoms with Crippen molar-refractivity contribution in [2.24, 2.45) is 0 Å². The minimum Gasteiger partial charge on any atom is -0.351 e. The van der Waals surface area contributed by atoms with Crippen molar-refractivity contribution in [2.45, 2.75) is 33.0 Å². The molecule has 0 aliphatic heterocycles. The Morgan fingerprint density at radius 1 is 1.16 bits per heavy atom. The molecule has 0 saturated carbocycles. The summed E-state index contributed by atoms with van der Waals surface area (Å²) in [5.41, 5.74) is 1.20. The number of benzene rings is 1. The van der Waals surface area contributed by atoms with Crippen LogP contribution in [0.5, 0.6) is 0 Å². The van der Waals surface area contributed by atoms with Crippen LogP contribution in [-0.2, 0) is 13.1 Å². The minimum absolute atomic E-state index is 0.0945. The van der Waals surface area contributed by atoms with Gasteiger partial charge in [0.15, 0.2) is 0 Å². The Morgan fingerprint density at radius 2 is 1.84 bits per heavy atom. The zero-order valence-corrected chi connectivity index (χ0v) is 11.2. The molecule has 0 amide bonds. The summed E-state index contributed by atoms with van der Waals surface area (Å²) >= 11 is 0. The molecule has 1 atom stereocenters. The van der Waals surface area contributed by atoms with Crippen molar-refractivity contribution in [1.82, 2.24) is 9.88 Å². The molecule has 2 rings (SSSR count). The topological polar surface area (TPSA) is 17.0 Å². The van der Waals surface area contributed by atoms with Gasteiger partial charge >= 0.3 is 0 Å². The highest BCUT2D eigenvalue weighted by atomic mass is 19.1. The first-order valence-corrected chi connectivity index (χ1v) is 6.44. The van der Waals surface area contributed by atoms with E-state index in [-0.39, 0.29) is 11.6 Å². The van der Waals surface area contributed by atoms with Gasteiger partial charge < -0.3 is 9.88 Å². The molecule has 0 fully saturated rings. The Balaban J connectivity index is 2.08. The van der Waals surface area contributed by atoms with Crippen molar-refractivity contribution in [3.05, 3.63) is 59.4 Å². The molecule has 1 unspecified atom stereocenters. The molecule has 0 saturated heterocycles. The van der Waals surface area contributed by atoms with Crippen LogP contribution < -0.4 is 5.32 Å². The first kappa shape index (κ1) is 13.7. The van der Waals surface area contributed by atoms with Crippen LogP contribution in [0, 0.1) is 11.6 Å². The van der Waals surface area contributed by atoms with E-state index in [9.17, 15) is 8.78 Å². The Morgan fingerprint density at radius 3 is 2.47 bits per heavy atom. The number of halogens is 2. The van der Waals surface area contributed by atoms with Gasteiger partial charge in [-0.05, 0) is 38.1 Å². The second-order valence-corrected chi connectivity index (χ2v) is 4.52. The molecule has 2 aromatic rings. The fraction of sp³-hybridized carbons (Fsp3) is 0.333. The summed E-state index contributed by atoms with van der Waals surface area (Å²) in [6, 6.07) is 7.54. The van der Waals surface area contributed by atoms with Crippen molar-refractivity contribution in [3.8, 4) is 0 Å². The van der Waals surface area contributed by atoms with Crippen molar-refractivity contribution in [3.63, 3.8) is 0 Å². The number of nitrogens with zero attached hydrogens (tertiary/aromatic N) is 1. The van der Waals surface area contributed by atoms with E-state index in [2.05, 4.69) is 16.8 Å². The van der Waals surface area contributed by atoms with Crippen LogP contribution >= 0.6 is 0 Å². The van der Waals surface area contributed by atoms with E-state index < -0.39 is 11.6 Å². The lowest BCUT2D eigenvalue weighted by molar-refractivity contribution is 0.480. The zero-order chi connectivity index (χ0) is 13.8. The molecular formula is C15H18F2N2. The van der Waals surface area contributed by atoms with E-state index in [0.717, 1.165) is 12.2 Å². The zero-order valence-electron chi connectivity index (χ0n) is 11.2. The van der Waals surface area contributed by atoms with Crippen LogP contribution in [-0.4, -0.2) is 4.57 Å². The van der Waals surface area contributed by atoms with Gasteiger partial charge in [0.05, 0.1) is 0 Å². The minimum atomic E-state index is -0.508. The van der Waals surface area contributed by atoms with Gasteiger partial charge in [-0.25, -0.2) is 8.78 Å². The van der Waals surface area contributed by atoms with E-state index in [1.54, 1.807) is 6.92 Å². The van der Waals surface area contributed by atoms with Crippen LogP contribution in [0.1, 0.15) is 31.1 Å². The summed E-state index contributed by atoms with van der Waals surface area (Å²) in [6.07, 6.45) is 1.99. The number of aromatic nitrogens is 1. The predicted molar refractivity (Wildman–Crippen MR) is 71.7 cm³/mol. The van der Waals surface area contributed by atoms with Crippen LogP contribution in [0.15, 0.2) is 36.5 Å². The number of nitrogens with one attached hydrogen (secondary N) is 1. The molecule has 4 heteroatoms. The lowest BCUT2D eigenvalue weighted by atomic mass is 10.1. The lowest BCUT2D eigenvalue weighted by Crippen LogP contribution is -2.21. The third-order valence-electron chi connectivity index (χ3n) is 3.29. The standard InChI is InChI=1S/C15H18F2N2/c1-3-19-9-5-6-12(19)10-18-11(2)15-13(16)7-4-8-14(15)17/h4-9,11,18H,3,10H2,1-2H3. The Labute approximate surface area is 112 Å². The van der Waals surface area contributed by atoms with E-state index >= 15 is 0 Å². The van der Waals surface area contributed by atoms with E-state index in [4.69, 9.17) is 0 Å². The van der Waals surface area contributed by atoms with Crippen molar-refractivity contribution in [2.75, 3.05) is 0 Å². The fourth-order valence-electron chi connectivity index (χ4n) is 2.20. The monoisotopic (exact) mass is 264 g/mol. The highest BCUT2D eigenvalue weighted by Crippen LogP contribution is 2.20. The molecule has 2 nitrogen and oxygen atoms in total. The van der Waals surface area contributed by atoms with Crippen LogP contribution in [0.2, 0.25) is 0 Å². The fourth-order valence-corrected chi connectivity index (χ4v) is 2.20. The van der Waals surface area contributed by atoms with Crippen LogP contribution in [0.3, 0.4) is 0 Å². The normalized spacial score (nSPS) is 12.6. The molecule has 1 heterocycles. The summed E-state index contributed by atoms with van der Waals surface area (Å²) in [6.45, 7) is 5.28. The summed E-state index contributed by atoms with van der Waals surface area (Å²) in [7, 11) is 0. The van der Waals surface area contributed by atoms with Gasteiger partial charge in [0, 0.05) is 36.6 Å². The third-order valence-corrected chi connectivity index (χ3v) is 3.29. The predicted octanol–water partition coefficient (Wildman–Crippen LogP) is 3.64. The van der Waals surface area contributed by atoms with Gasteiger partial charge in [0.2, 0.25) is 0 Å². The molecule has 19 heavy (non-hydrogen) atoms. The Kier molecular flexibility index (Phi) is 4.32. The van der Waals surface area contributed by atoms with Gasteiger partial charge in [0.1, 0.15) is 11.6 Å². The van der Waals surface area contributed by atoms with E-state index in [1.165, 1.54) is 18.2 Å². The largest absolute Gasteiger partial charge is 0.351 e. The summed E-state index contributed by atoms with van der Waals surface area (Å²) in [5, 5.41) is 3.16. The molecule has 0 aliphatic carbocycles. The van der Waals surface area contributed by atoms with E-state index in [0.29, 0.717) is 6.54 Å². The Hall–Kier alpha value is -1.68. The van der Waals surface area contributed by atoms with Crippen molar-refractivity contribution in [1.29, 1.82) is 0 Å². The highest BCUT2D eigenvalue weighted by molar-refractivity contribution is 5.23. The molecule has 1 aromatic heterocycles. The molecular weight excluding hydrogens is 246 g/mol. The van der Waals surface area contributed by atoms with E-state index in [1.807, 2.05) is 18.3 Å². The maximum atomic E-state index is 13.6. The van der Waals surface area contributed by atoms with Crippen molar-refractivity contribution >= 4 is 0 Å². The number of hydrogen-bond donors (Lipinski definition) is 1. The second-order valence-electron chi connectivity index (χ2n) is 4.52. The van der Waals surface area contributed by atoms with Gasteiger partial charge in [0.25, 0.3) is 0 Å². The highest BCUT2D eigenvalue weighted by Gasteiger charge is 2.15. The van der Waals surface area contributed by atoms with Crippen molar-refractivity contribution < 1.29 is 8.78 Å². The molecule has 0 spiro atoms. The average Bonchev–Trinajstić information content (AvgIpc) is 2.83. The van der Waals surface area contributed by atoms with Gasteiger partial charge in [-0.2, -0.15) is 0 Å². The molecule has 1 N–H and O–H groups in total. The molecule has 102 valence electrons. The Bertz CT molecular complexity index is 529. The summed E-state index contributed by atoms with van der Waals surface area (Å²) in [4.78, 5) is 0. The molecule has 0 radical (unpaired) electrons. The summed E-state index contributed by atoms with van der Waals surface area (Å²) in [5.74, 6) is -1.02. The maximum Gasteiger partial charge on any atom is 0.130 e. The SMILES string of the molecule is CCn1cccc1CNC(C)c1c(F)cccc1F. The van der Waals surface area contributed by atoms with Crippen LogP contribution in [0.25, 0.3) is 0 Å². The first-order chi connectivity index (χ1) is 9.13. The van der Waals surface area contributed by atoms with Crippen LogP contribution in [0.4, 0.5) is 8.78 Å².